The van der Waals surface area contributed by atoms with Gasteiger partial charge in [0.2, 0.25) is 5.91 Å². The lowest BCUT2D eigenvalue weighted by atomic mass is 10.0. The summed E-state index contributed by atoms with van der Waals surface area (Å²) in [6.45, 7) is 7.80. The van der Waals surface area contributed by atoms with E-state index in [4.69, 9.17) is 4.74 Å². The Morgan fingerprint density at radius 2 is 1.95 bits per heavy atom. The van der Waals surface area contributed by atoms with E-state index in [2.05, 4.69) is 12.2 Å². The summed E-state index contributed by atoms with van der Waals surface area (Å²) in [4.78, 5) is 25.2. The van der Waals surface area contributed by atoms with E-state index in [1.807, 2.05) is 18.7 Å². The fourth-order valence-corrected chi connectivity index (χ4v) is 2.13. The van der Waals surface area contributed by atoms with Gasteiger partial charge in [0.25, 0.3) is 0 Å². The SMILES string of the molecule is CCCCOC(=O)NC1CCN(C(=O)C(C)C)CC1. The molecule has 19 heavy (non-hydrogen) atoms. The number of likely N-dealkylation sites (tertiary alicyclic amines) is 1. The van der Waals surface area contributed by atoms with Gasteiger partial charge in [-0.2, -0.15) is 0 Å². The van der Waals surface area contributed by atoms with Crippen LogP contribution >= 0.6 is 0 Å². The van der Waals surface area contributed by atoms with E-state index in [9.17, 15) is 9.59 Å². The lowest BCUT2D eigenvalue weighted by Crippen LogP contribution is -2.47. The Kier molecular flexibility index (Phi) is 6.67. The molecule has 2 amide bonds. The van der Waals surface area contributed by atoms with Crippen molar-refractivity contribution in [1.82, 2.24) is 10.2 Å². The number of nitrogens with one attached hydrogen (secondary N) is 1. The Balaban J connectivity index is 2.23. The second-order valence-electron chi connectivity index (χ2n) is 5.39. The van der Waals surface area contributed by atoms with E-state index in [0.29, 0.717) is 6.61 Å². The van der Waals surface area contributed by atoms with Crippen molar-refractivity contribution < 1.29 is 14.3 Å². The zero-order valence-corrected chi connectivity index (χ0v) is 12.3. The van der Waals surface area contributed by atoms with Crippen LogP contribution in [0.15, 0.2) is 0 Å². The van der Waals surface area contributed by atoms with Crippen molar-refractivity contribution in [2.45, 2.75) is 52.5 Å². The van der Waals surface area contributed by atoms with Gasteiger partial charge < -0.3 is 15.0 Å². The lowest BCUT2D eigenvalue weighted by molar-refractivity contribution is -0.135. The number of hydrogen-bond acceptors (Lipinski definition) is 3. The van der Waals surface area contributed by atoms with Gasteiger partial charge in [-0.15, -0.1) is 0 Å². The Morgan fingerprint density at radius 3 is 2.47 bits per heavy atom. The number of rotatable bonds is 5. The van der Waals surface area contributed by atoms with Crippen LogP contribution < -0.4 is 5.32 Å². The van der Waals surface area contributed by atoms with Crippen molar-refractivity contribution >= 4 is 12.0 Å². The van der Waals surface area contributed by atoms with Crippen LogP contribution in [0.25, 0.3) is 0 Å². The van der Waals surface area contributed by atoms with Crippen molar-refractivity contribution in [3.8, 4) is 0 Å². The van der Waals surface area contributed by atoms with E-state index in [1.165, 1.54) is 0 Å². The summed E-state index contributed by atoms with van der Waals surface area (Å²) >= 11 is 0. The van der Waals surface area contributed by atoms with Crippen LogP contribution in [-0.4, -0.2) is 42.6 Å². The highest BCUT2D eigenvalue weighted by atomic mass is 16.5. The van der Waals surface area contributed by atoms with Crippen molar-refractivity contribution in [2.75, 3.05) is 19.7 Å². The third-order valence-corrected chi connectivity index (χ3v) is 3.35. The third kappa shape index (κ3) is 5.49. The van der Waals surface area contributed by atoms with E-state index in [0.717, 1.165) is 38.8 Å². The van der Waals surface area contributed by atoms with E-state index in [1.54, 1.807) is 0 Å². The summed E-state index contributed by atoms with van der Waals surface area (Å²) in [5.74, 6) is 0.243. The third-order valence-electron chi connectivity index (χ3n) is 3.35. The van der Waals surface area contributed by atoms with Crippen LogP contribution in [0.5, 0.6) is 0 Å². The van der Waals surface area contributed by atoms with E-state index < -0.39 is 0 Å². The number of carbonyl (C=O) groups is 2. The van der Waals surface area contributed by atoms with Crippen LogP contribution in [0, 0.1) is 5.92 Å². The Labute approximate surface area is 115 Å². The maximum Gasteiger partial charge on any atom is 0.407 e. The van der Waals surface area contributed by atoms with Gasteiger partial charge in [-0.25, -0.2) is 4.79 Å². The minimum atomic E-state index is -0.331. The quantitative estimate of drug-likeness (QED) is 0.779. The number of nitrogens with zero attached hydrogens (tertiary/aromatic N) is 1. The average molecular weight is 270 g/mol. The average Bonchev–Trinajstić information content (AvgIpc) is 2.39. The molecule has 0 unspecified atom stereocenters. The molecule has 1 saturated heterocycles. The number of ether oxygens (including phenoxy) is 1. The number of hydrogen-bond donors (Lipinski definition) is 1. The fourth-order valence-electron chi connectivity index (χ4n) is 2.13. The summed E-state index contributed by atoms with van der Waals surface area (Å²) in [6, 6.07) is 0.130. The van der Waals surface area contributed by atoms with Crippen molar-refractivity contribution in [2.24, 2.45) is 5.92 Å². The number of carbonyl (C=O) groups excluding carboxylic acids is 2. The molecule has 0 aliphatic carbocycles. The van der Waals surface area contributed by atoms with Gasteiger partial charge in [0, 0.05) is 25.0 Å². The molecular weight excluding hydrogens is 244 g/mol. The predicted octanol–water partition coefficient (Wildman–Crippen LogP) is 2.16. The zero-order valence-electron chi connectivity index (χ0n) is 12.3. The van der Waals surface area contributed by atoms with E-state index >= 15 is 0 Å². The van der Waals surface area contributed by atoms with Gasteiger partial charge in [-0.1, -0.05) is 27.2 Å². The summed E-state index contributed by atoms with van der Waals surface area (Å²) in [5, 5.41) is 2.87. The molecule has 1 rings (SSSR count). The van der Waals surface area contributed by atoms with Crippen LogP contribution in [0.4, 0.5) is 4.79 Å². The van der Waals surface area contributed by atoms with Gasteiger partial charge in [0.05, 0.1) is 6.61 Å². The van der Waals surface area contributed by atoms with Crippen LogP contribution in [0.3, 0.4) is 0 Å². The van der Waals surface area contributed by atoms with Gasteiger partial charge in [0.15, 0.2) is 0 Å². The Hall–Kier alpha value is -1.26. The summed E-state index contributed by atoms with van der Waals surface area (Å²) in [5.41, 5.74) is 0. The maximum absolute atomic E-state index is 11.8. The second-order valence-corrected chi connectivity index (χ2v) is 5.39. The minimum absolute atomic E-state index is 0.0449. The molecule has 1 N–H and O–H groups in total. The minimum Gasteiger partial charge on any atom is -0.450 e. The summed E-state index contributed by atoms with van der Waals surface area (Å²) < 4.78 is 5.07. The van der Waals surface area contributed by atoms with E-state index in [-0.39, 0.29) is 24.0 Å². The summed E-state index contributed by atoms with van der Waals surface area (Å²) in [6.07, 6.45) is 3.20. The number of amides is 2. The topological polar surface area (TPSA) is 58.6 Å². The standard InChI is InChI=1S/C14H26N2O3/c1-4-5-10-19-14(18)15-12-6-8-16(9-7-12)13(17)11(2)3/h11-12H,4-10H2,1-3H3,(H,15,18). The molecule has 0 spiro atoms. The van der Waals surface area contributed by atoms with Crippen LogP contribution in [0.2, 0.25) is 0 Å². The first kappa shape index (κ1) is 15.8. The van der Waals surface area contributed by atoms with Crippen molar-refractivity contribution in [1.29, 1.82) is 0 Å². The Bertz CT molecular complexity index is 297. The first-order valence-corrected chi connectivity index (χ1v) is 7.26. The van der Waals surface area contributed by atoms with Crippen LogP contribution in [-0.2, 0) is 9.53 Å². The highest BCUT2D eigenvalue weighted by Gasteiger charge is 2.25. The molecule has 5 nitrogen and oxygen atoms in total. The normalized spacial score (nSPS) is 16.5. The molecule has 1 aliphatic heterocycles. The largest absolute Gasteiger partial charge is 0.450 e. The molecule has 0 aromatic heterocycles. The maximum atomic E-state index is 11.8. The molecule has 0 aromatic rings. The Morgan fingerprint density at radius 1 is 1.32 bits per heavy atom. The molecule has 0 atom stereocenters. The number of piperidine rings is 1. The molecule has 0 bridgehead atoms. The molecule has 1 heterocycles. The first-order valence-electron chi connectivity index (χ1n) is 7.26. The molecule has 110 valence electrons. The monoisotopic (exact) mass is 270 g/mol. The number of alkyl carbamates (subject to hydrolysis) is 1. The predicted molar refractivity (Wildman–Crippen MR) is 73.8 cm³/mol. The molecule has 1 aliphatic rings. The van der Waals surface area contributed by atoms with Crippen molar-refractivity contribution in [3.05, 3.63) is 0 Å². The smallest absolute Gasteiger partial charge is 0.407 e. The molecule has 0 saturated carbocycles. The van der Waals surface area contributed by atoms with Crippen LogP contribution in [0.1, 0.15) is 46.5 Å². The molecule has 5 heteroatoms. The molecule has 0 aromatic carbocycles. The van der Waals surface area contributed by atoms with Gasteiger partial charge in [-0.3, -0.25) is 4.79 Å². The fraction of sp³-hybridized carbons (Fsp3) is 0.857. The summed E-state index contributed by atoms with van der Waals surface area (Å²) in [7, 11) is 0. The molecular formula is C14H26N2O3. The second kappa shape index (κ2) is 8.02. The lowest BCUT2D eigenvalue weighted by Gasteiger charge is -2.33. The van der Waals surface area contributed by atoms with Gasteiger partial charge in [-0.05, 0) is 19.3 Å². The highest BCUT2D eigenvalue weighted by molar-refractivity contribution is 5.78. The van der Waals surface area contributed by atoms with Crippen molar-refractivity contribution in [3.63, 3.8) is 0 Å². The first-order chi connectivity index (χ1) is 9.04. The highest BCUT2D eigenvalue weighted by Crippen LogP contribution is 2.13. The zero-order chi connectivity index (χ0) is 14.3. The molecule has 1 fully saturated rings. The molecule has 0 radical (unpaired) electrons. The van der Waals surface area contributed by atoms with Gasteiger partial charge in [0.1, 0.15) is 0 Å². The number of unbranched alkanes of at least 4 members (excludes halogenated alkanes) is 1. The van der Waals surface area contributed by atoms with Gasteiger partial charge >= 0.3 is 6.09 Å².